The van der Waals surface area contributed by atoms with Gasteiger partial charge in [-0.1, -0.05) is 13.3 Å². The highest BCUT2D eigenvalue weighted by molar-refractivity contribution is 5.81. The van der Waals surface area contributed by atoms with Crippen molar-refractivity contribution in [1.82, 2.24) is 9.80 Å². The Balaban J connectivity index is 1.82. The lowest BCUT2D eigenvalue weighted by Gasteiger charge is -2.36. The Labute approximate surface area is 105 Å². The van der Waals surface area contributed by atoms with Crippen molar-refractivity contribution in [2.24, 2.45) is 11.8 Å². The quantitative estimate of drug-likeness (QED) is 0.746. The fourth-order valence-electron chi connectivity index (χ4n) is 3.09. The lowest BCUT2D eigenvalue weighted by molar-refractivity contribution is -0.126. The number of piperazine rings is 1. The lowest BCUT2D eigenvalue weighted by atomic mass is 9.79. The maximum absolute atomic E-state index is 12.0. The van der Waals surface area contributed by atoms with Crippen LogP contribution in [0, 0.1) is 11.8 Å². The van der Waals surface area contributed by atoms with Gasteiger partial charge in [-0.25, -0.2) is 0 Å². The number of hydrogen-bond donors (Lipinski definition) is 0. The highest BCUT2D eigenvalue weighted by atomic mass is 16.1. The molecule has 1 heterocycles. The maximum atomic E-state index is 12.0. The number of carbonyl (C=O) groups is 1. The lowest BCUT2D eigenvalue weighted by Crippen LogP contribution is -2.47. The second-order valence-electron chi connectivity index (χ2n) is 5.82. The molecule has 0 aromatic carbocycles. The minimum Gasteiger partial charge on any atom is -0.304 e. The van der Waals surface area contributed by atoms with Gasteiger partial charge in [0, 0.05) is 45.1 Å². The Kier molecular flexibility index (Phi) is 4.57. The molecule has 0 N–H and O–H groups in total. The predicted octanol–water partition coefficient (Wildman–Crippen LogP) is 1.63. The summed E-state index contributed by atoms with van der Waals surface area (Å²) in [6, 6.07) is 0. The van der Waals surface area contributed by atoms with Crippen molar-refractivity contribution in [2.45, 2.75) is 32.6 Å². The number of carbonyl (C=O) groups excluding carboxylic acids is 1. The molecular weight excluding hydrogens is 212 g/mol. The number of ketones is 1. The zero-order valence-corrected chi connectivity index (χ0v) is 11.3. The molecule has 17 heavy (non-hydrogen) atoms. The number of hydrogen-bond acceptors (Lipinski definition) is 3. The largest absolute Gasteiger partial charge is 0.304 e. The van der Waals surface area contributed by atoms with Crippen molar-refractivity contribution >= 4 is 5.78 Å². The van der Waals surface area contributed by atoms with Gasteiger partial charge in [0.2, 0.25) is 0 Å². The predicted molar refractivity (Wildman–Crippen MR) is 70.1 cm³/mol. The van der Waals surface area contributed by atoms with Gasteiger partial charge < -0.3 is 9.80 Å². The molecule has 3 nitrogen and oxygen atoms in total. The third kappa shape index (κ3) is 3.52. The number of Topliss-reactive ketones (excluding diaryl/α,β-unsaturated/α-hetero) is 1. The first-order chi connectivity index (χ1) is 8.19. The Morgan fingerprint density at radius 1 is 1.24 bits per heavy atom. The van der Waals surface area contributed by atoms with Crippen LogP contribution in [-0.2, 0) is 4.79 Å². The van der Waals surface area contributed by atoms with Gasteiger partial charge in [0.1, 0.15) is 5.78 Å². The van der Waals surface area contributed by atoms with Crippen molar-refractivity contribution in [3.05, 3.63) is 0 Å². The molecule has 0 bridgehead atoms. The molecule has 98 valence electrons. The third-order valence-corrected chi connectivity index (χ3v) is 4.52. The molecule has 1 aliphatic heterocycles. The molecule has 0 radical (unpaired) electrons. The zero-order chi connectivity index (χ0) is 12.3. The van der Waals surface area contributed by atoms with Crippen LogP contribution in [0.15, 0.2) is 0 Å². The molecule has 0 spiro atoms. The molecule has 0 aromatic rings. The van der Waals surface area contributed by atoms with E-state index in [0.717, 1.165) is 57.9 Å². The summed E-state index contributed by atoms with van der Waals surface area (Å²) >= 11 is 0. The normalized spacial score (nSPS) is 32.9. The number of nitrogens with zero attached hydrogens (tertiary/aromatic N) is 2. The van der Waals surface area contributed by atoms with E-state index >= 15 is 0 Å². The fraction of sp³-hybridized carbons (Fsp3) is 0.929. The van der Waals surface area contributed by atoms with Crippen LogP contribution in [0.4, 0.5) is 0 Å². The summed E-state index contributed by atoms with van der Waals surface area (Å²) in [7, 11) is 2.18. The molecule has 1 saturated heterocycles. The van der Waals surface area contributed by atoms with Crippen LogP contribution < -0.4 is 0 Å². The van der Waals surface area contributed by atoms with Gasteiger partial charge in [0.15, 0.2) is 0 Å². The topological polar surface area (TPSA) is 23.6 Å². The first-order valence-electron chi connectivity index (χ1n) is 7.12. The third-order valence-electron chi connectivity index (χ3n) is 4.52. The van der Waals surface area contributed by atoms with E-state index < -0.39 is 0 Å². The molecule has 2 fully saturated rings. The molecule has 2 aliphatic rings. The molecule has 2 atom stereocenters. The van der Waals surface area contributed by atoms with Gasteiger partial charge >= 0.3 is 0 Å². The SMILES string of the molecule is CCC1CCC(=O)C(CN2CCN(C)CC2)C1. The number of likely N-dealkylation sites (N-methyl/N-ethyl adjacent to an activating group) is 1. The van der Waals surface area contributed by atoms with Crippen LogP contribution in [0.2, 0.25) is 0 Å². The van der Waals surface area contributed by atoms with Crippen LogP contribution in [0.1, 0.15) is 32.6 Å². The smallest absolute Gasteiger partial charge is 0.137 e. The van der Waals surface area contributed by atoms with E-state index in [0.29, 0.717) is 11.7 Å². The van der Waals surface area contributed by atoms with Crippen LogP contribution in [0.25, 0.3) is 0 Å². The highest BCUT2D eigenvalue weighted by Gasteiger charge is 2.29. The summed E-state index contributed by atoms with van der Waals surface area (Å²) in [6.07, 6.45) is 4.35. The molecule has 0 aromatic heterocycles. The summed E-state index contributed by atoms with van der Waals surface area (Å²) in [5.41, 5.74) is 0. The second kappa shape index (κ2) is 5.96. The Bertz CT molecular complexity index is 259. The Hall–Kier alpha value is -0.410. The van der Waals surface area contributed by atoms with Gasteiger partial charge in [-0.2, -0.15) is 0 Å². The minimum atomic E-state index is 0.331. The first kappa shape index (κ1) is 13.0. The van der Waals surface area contributed by atoms with Gasteiger partial charge in [0.25, 0.3) is 0 Å². The molecule has 1 aliphatic carbocycles. The van der Waals surface area contributed by atoms with E-state index in [1.54, 1.807) is 0 Å². The van der Waals surface area contributed by atoms with Gasteiger partial charge in [0.05, 0.1) is 0 Å². The zero-order valence-electron chi connectivity index (χ0n) is 11.3. The average molecular weight is 238 g/mol. The van der Waals surface area contributed by atoms with Crippen LogP contribution in [0.3, 0.4) is 0 Å². The Morgan fingerprint density at radius 3 is 2.59 bits per heavy atom. The van der Waals surface area contributed by atoms with Gasteiger partial charge in [-0.3, -0.25) is 4.79 Å². The molecular formula is C14H26N2O. The average Bonchev–Trinajstić information content (AvgIpc) is 2.35. The standard InChI is InChI=1S/C14H26N2O/c1-3-12-4-5-14(17)13(10-12)11-16-8-6-15(2)7-9-16/h12-13H,3-11H2,1-2H3. The van der Waals surface area contributed by atoms with E-state index in [4.69, 9.17) is 0 Å². The van der Waals surface area contributed by atoms with Crippen molar-refractivity contribution < 1.29 is 4.79 Å². The highest BCUT2D eigenvalue weighted by Crippen LogP contribution is 2.29. The van der Waals surface area contributed by atoms with E-state index in [2.05, 4.69) is 23.8 Å². The van der Waals surface area contributed by atoms with Crippen LogP contribution in [-0.4, -0.2) is 55.4 Å². The monoisotopic (exact) mass is 238 g/mol. The van der Waals surface area contributed by atoms with E-state index in [1.807, 2.05) is 0 Å². The summed E-state index contributed by atoms with van der Waals surface area (Å²) in [5, 5.41) is 0. The molecule has 3 heteroatoms. The summed E-state index contributed by atoms with van der Waals surface area (Å²) in [6.45, 7) is 7.85. The molecule has 1 saturated carbocycles. The van der Waals surface area contributed by atoms with Crippen LogP contribution >= 0.6 is 0 Å². The van der Waals surface area contributed by atoms with Gasteiger partial charge in [-0.15, -0.1) is 0 Å². The Morgan fingerprint density at radius 2 is 1.94 bits per heavy atom. The second-order valence-corrected chi connectivity index (χ2v) is 5.82. The van der Waals surface area contributed by atoms with E-state index in [-0.39, 0.29) is 0 Å². The van der Waals surface area contributed by atoms with E-state index in [9.17, 15) is 4.79 Å². The van der Waals surface area contributed by atoms with Crippen LogP contribution in [0.5, 0.6) is 0 Å². The van der Waals surface area contributed by atoms with E-state index in [1.165, 1.54) is 6.42 Å². The van der Waals surface area contributed by atoms with Gasteiger partial charge in [-0.05, 0) is 25.8 Å². The molecule has 0 amide bonds. The fourth-order valence-corrected chi connectivity index (χ4v) is 3.09. The molecule has 2 rings (SSSR count). The minimum absolute atomic E-state index is 0.331. The first-order valence-corrected chi connectivity index (χ1v) is 7.12. The maximum Gasteiger partial charge on any atom is 0.137 e. The van der Waals surface area contributed by atoms with Crippen molar-refractivity contribution in [1.29, 1.82) is 0 Å². The molecule has 2 unspecified atom stereocenters. The van der Waals surface area contributed by atoms with Crippen molar-refractivity contribution in [3.8, 4) is 0 Å². The summed E-state index contributed by atoms with van der Waals surface area (Å²) in [4.78, 5) is 16.8. The number of rotatable bonds is 3. The summed E-state index contributed by atoms with van der Waals surface area (Å²) in [5.74, 6) is 1.65. The summed E-state index contributed by atoms with van der Waals surface area (Å²) < 4.78 is 0. The van der Waals surface area contributed by atoms with Crippen molar-refractivity contribution in [2.75, 3.05) is 39.8 Å². The van der Waals surface area contributed by atoms with Crippen molar-refractivity contribution in [3.63, 3.8) is 0 Å².